The Labute approximate surface area is 127 Å². The van der Waals surface area contributed by atoms with E-state index in [9.17, 15) is 0 Å². The van der Waals surface area contributed by atoms with Crippen LogP contribution in [0, 0.1) is 0 Å². The first-order chi connectivity index (χ1) is 9.85. The Hall–Kier alpha value is -0.510. The van der Waals surface area contributed by atoms with Crippen molar-refractivity contribution in [2.75, 3.05) is 0 Å². The second kappa shape index (κ2) is 8.71. The van der Waals surface area contributed by atoms with Crippen molar-refractivity contribution in [1.29, 1.82) is 0 Å². The lowest BCUT2D eigenvalue weighted by Gasteiger charge is -2.21. The quantitative estimate of drug-likeness (QED) is 0.405. The highest BCUT2D eigenvalue weighted by Gasteiger charge is 2.28. The maximum Gasteiger partial charge on any atom is 0.0336 e. The van der Waals surface area contributed by atoms with Crippen molar-refractivity contribution in [3.8, 4) is 0 Å². The Morgan fingerprint density at radius 1 is 1.20 bits per heavy atom. The summed E-state index contributed by atoms with van der Waals surface area (Å²) in [5, 5.41) is 0.605. The van der Waals surface area contributed by atoms with E-state index >= 15 is 0 Å². The van der Waals surface area contributed by atoms with Gasteiger partial charge in [-0.1, -0.05) is 63.6 Å². The number of rotatable bonds is 9. The maximum atomic E-state index is 5.79. The van der Waals surface area contributed by atoms with Crippen molar-refractivity contribution in [2.45, 2.75) is 74.5 Å². The molecule has 20 heavy (non-hydrogen) atoms. The Morgan fingerprint density at radius 3 is 2.70 bits per heavy atom. The lowest BCUT2D eigenvalue weighted by atomic mass is 10.00. The number of hydrogen-bond donors (Lipinski definition) is 2. The third-order valence-corrected chi connectivity index (χ3v) is 5.65. The highest BCUT2D eigenvalue weighted by Crippen LogP contribution is 2.39. The summed E-state index contributed by atoms with van der Waals surface area (Å²) in [5.74, 6) is 5.79. The van der Waals surface area contributed by atoms with Crippen LogP contribution >= 0.6 is 11.8 Å². The molecule has 0 bridgehead atoms. The van der Waals surface area contributed by atoms with Gasteiger partial charge in [0.25, 0.3) is 0 Å². The molecule has 0 aliphatic carbocycles. The number of thioether (sulfide) groups is 1. The van der Waals surface area contributed by atoms with E-state index in [0.29, 0.717) is 11.3 Å². The lowest BCUT2D eigenvalue weighted by Crippen LogP contribution is -2.42. The highest BCUT2D eigenvalue weighted by molar-refractivity contribution is 8.00. The van der Waals surface area contributed by atoms with Gasteiger partial charge in [-0.2, -0.15) is 0 Å². The molecule has 0 amide bonds. The molecule has 2 rings (SSSR count). The van der Waals surface area contributed by atoms with Crippen LogP contribution in [0.1, 0.15) is 57.4 Å². The van der Waals surface area contributed by atoms with E-state index in [4.69, 9.17) is 5.84 Å². The van der Waals surface area contributed by atoms with Crippen molar-refractivity contribution in [3.63, 3.8) is 0 Å². The molecule has 2 unspecified atom stereocenters. The minimum Gasteiger partial charge on any atom is -0.271 e. The topological polar surface area (TPSA) is 38.0 Å². The fraction of sp³-hybridized carbons (Fsp3) is 0.647. The average Bonchev–Trinajstić information content (AvgIpc) is 2.90. The summed E-state index contributed by atoms with van der Waals surface area (Å²) in [4.78, 5) is 1.45. The Bertz CT molecular complexity index is 369. The average molecular weight is 292 g/mol. The molecule has 3 N–H and O–H groups in total. The first-order valence-electron chi connectivity index (χ1n) is 8.06. The molecule has 1 aliphatic heterocycles. The molecule has 0 saturated carbocycles. The van der Waals surface area contributed by atoms with Crippen molar-refractivity contribution >= 4 is 11.8 Å². The zero-order valence-electron chi connectivity index (χ0n) is 12.6. The summed E-state index contributed by atoms with van der Waals surface area (Å²) >= 11 is 2.00. The summed E-state index contributed by atoms with van der Waals surface area (Å²) in [6, 6.07) is 9.20. The normalized spacial score (nSPS) is 19.0. The number of hydrazine groups is 1. The molecule has 112 valence electrons. The monoisotopic (exact) mass is 292 g/mol. The summed E-state index contributed by atoms with van der Waals surface area (Å²) in [7, 11) is 0. The molecular weight excluding hydrogens is 264 g/mol. The zero-order chi connectivity index (χ0) is 14.2. The summed E-state index contributed by atoms with van der Waals surface area (Å²) < 4.78 is 0. The van der Waals surface area contributed by atoms with Crippen LogP contribution in [0.15, 0.2) is 29.2 Å². The van der Waals surface area contributed by atoms with E-state index in [-0.39, 0.29) is 0 Å². The lowest BCUT2D eigenvalue weighted by molar-refractivity contribution is 0.449. The van der Waals surface area contributed by atoms with Gasteiger partial charge in [0.2, 0.25) is 0 Å². The third kappa shape index (κ3) is 4.51. The second-order valence-corrected chi connectivity index (χ2v) is 7.08. The van der Waals surface area contributed by atoms with Crippen LogP contribution in [0.4, 0.5) is 0 Å². The molecule has 2 atom stereocenters. The van der Waals surface area contributed by atoms with Gasteiger partial charge >= 0.3 is 0 Å². The molecule has 1 aromatic rings. The maximum absolute atomic E-state index is 5.79. The van der Waals surface area contributed by atoms with Gasteiger partial charge in [0.15, 0.2) is 0 Å². The molecule has 0 fully saturated rings. The number of benzene rings is 1. The predicted molar refractivity (Wildman–Crippen MR) is 88.9 cm³/mol. The van der Waals surface area contributed by atoms with Crippen LogP contribution < -0.4 is 11.3 Å². The predicted octanol–water partition coefficient (Wildman–Crippen LogP) is 4.29. The van der Waals surface area contributed by atoms with Gasteiger partial charge in [0.1, 0.15) is 0 Å². The van der Waals surface area contributed by atoms with Crippen LogP contribution in [0.3, 0.4) is 0 Å². The van der Waals surface area contributed by atoms with E-state index in [2.05, 4.69) is 36.6 Å². The first-order valence-corrected chi connectivity index (χ1v) is 8.93. The van der Waals surface area contributed by atoms with Gasteiger partial charge in [-0.25, -0.2) is 0 Å². The van der Waals surface area contributed by atoms with Crippen LogP contribution in [-0.4, -0.2) is 11.3 Å². The van der Waals surface area contributed by atoms with Crippen LogP contribution in [-0.2, 0) is 6.42 Å². The SMILES string of the molecule is CCCCCCCCC(NN)C1Cc2ccccc2S1. The van der Waals surface area contributed by atoms with Gasteiger partial charge in [-0.05, 0) is 24.5 Å². The molecule has 3 heteroatoms. The third-order valence-electron chi connectivity index (χ3n) is 4.20. The van der Waals surface area contributed by atoms with Crippen LogP contribution in [0.5, 0.6) is 0 Å². The molecular formula is C17H28N2S. The number of unbranched alkanes of at least 4 members (excludes halogenated alkanes) is 5. The number of hydrogen-bond acceptors (Lipinski definition) is 3. The molecule has 1 aromatic carbocycles. The minimum atomic E-state index is 0.443. The summed E-state index contributed by atoms with van der Waals surface area (Å²) in [6.07, 6.45) is 10.5. The smallest absolute Gasteiger partial charge is 0.0336 e. The summed E-state index contributed by atoms with van der Waals surface area (Å²) in [5.41, 5.74) is 4.55. The van der Waals surface area contributed by atoms with Crippen molar-refractivity contribution in [3.05, 3.63) is 29.8 Å². The number of fused-ring (bicyclic) bond motifs is 1. The van der Waals surface area contributed by atoms with Gasteiger partial charge < -0.3 is 0 Å². The molecule has 0 saturated heterocycles. The molecule has 0 aromatic heterocycles. The van der Waals surface area contributed by atoms with Crippen LogP contribution in [0.25, 0.3) is 0 Å². The van der Waals surface area contributed by atoms with Gasteiger partial charge in [-0.15, -0.1) is 11.8 Å². The zero-order valence-corrected chi connectivity index (χ0v) is 13.4. The standard InChI is InChI=1S/C17H28N2S/c1-2-3-4-5-6-7-11-15(19-18)17-13-14-10-8-9-12-16(14)20-17/h8-10,12,15,17,19H,2-7,11,13,18H2,1H3. The van der Waals surface area contributed by atoms with Crippen molar-refractivity contribution < 1.29 is 0 Å². The van der Waals surface area contributed by atoms with Gasteiger partial charge in [0, 0.05) is 16.2 Å². The Balaban J connectivity index is 1.71. The minimum absolute atomic E-state index is 0.443. The van der Waals surface area contributed by atoms with E-state index in [0.717, 1.165) is 6.42 Å². The second-order valence-electron chi connectivity index (χ2n) is 5.80. The molecule has 1 heterocycles. The van der Waals surface area contributed by atoms with E-state index in [1.165, 1.54) is 55.4 Å². The van der Waals surface area contributed by atoms with Crippen LogP contribution in [0.2, 0.25) is 0 Å². The number of nitrogens with two attached hydrogens (primary N) is 1. The van der Waals surface area contributed by atoms with Gasteiger partial charge in [-0.3, -0.25) is 11.3 Å². The molecule has 0 radical (unpaired) electrons. The first kappa shape index (κ1) is 15.9. The molecule has 0 spiro atoms. The fourth-order valence-electron chi connectivity index (χ4n) is 2.95. The summed E-state index contributed by atoms with van der Waals surface area (Å²) in [6.45, 7) is 2.27. The largest absolute Gasteiger partial charge is 0.271 e. The number of nitrogens with one attached hydrogen (secondary N) is 1. The van der Waals surface area contributed by atoms with Crippen molar-refractivity contribution in [1.82, 2.24) is 5.43 Å². The highest BCUT2D eigenvalue weighted by atomic mass is 32.2. The van der Waals surface area contributed by atoms with Gasteiger partial charge in [0.05, 0.1) is 0 Å². The Morgan fingerprint density at radius 2 is 1.95 bits per heavy atom. The molecule has 2 nitrogen and oxygen atoms in total. The van der Waals surface area contributed by atoms with E-state index < -0.39 is 0 Å². The van der Waals surface area contributed by atoms with E-state index in [1.54, 1.807) is 0 Å². The molecule has 1 aliphatic rings. The van der Waals surface area contributed by atoms with E-state index in [1.807, 2.05) is 11.8 Å². The van der Waals surface area contributed by atoms with Crippen molar-refractivity contribution in [2.24, 2.45) is 5.84 Å². The Kier molecular flexibility index (Phi) is 6.91. The fourth-order valence-corrected chi connectivity index (χ4v) is 4.38.